The van der Waals surface area contributed by atoms with Gasteiger partial charge in [-0.1, -0.05) is 0 Å². The summed E-state index contributed by atoms with van der Waals surface area (Å²) in [6, 6.07) is 0. The molecular formula is C6H6F7NO2. The average molecular weight is 257 g/mol. The van der Waals surface area contributed by atoms with E-state index in [1.807, 2.05) is 0 Å². The van der Waals surface area contributed by atoms with E-state index in [1.165, 1.54) is 5.32 Å². The van der Waals surface area contributed by atoms with Crippen LogP contribution in [0.15, 0.2) is 0 Å². The molecule has 0 aliphatic rings. The van der Waals surface area contributed by atoms with Gasteiger partial charge in [0.05, 0.1) is 0 Å². The minimum absolute atomic E-state index is 1.21. The smallest absolute Gasteiger partial charge is 0.459 e. The molecule has 0 atom stereocenters. The second-order valence-corrected chi connectivity index (χ2v) is 2.76. The van der Waals surface area contributed by atoms with Crippen LogP contribution in [0.4, 0.5) is 35.5 Å². The van der Waals surface area contributed by atoms with Gasteiger partial charge in [-0.25, -0.2) is 4.79 Å². The minimum atomic E-state index is -6.39. The van der Waals surface area contributed by atoms with Crippen molar-refractivity contribution in [2.24, 2.45) is 0 Å². The zero-order valence-electron chi connectivity index (χ0n) is 7.42. The highest BCUT2D eigenvalue weighted by molar-refractivity contribution is 5.64. The summed E-state index contributed by atoms with van der Waals surface area (Å²) in [5.74, 6) is -11.6. The SMILES string of the molecule is O=C(O)NCCC(F)(F)C(F)(F)C(F)(F)F. The van der Waals surface area contributed by atoms with Crippen LogP contribution in [0.1, 0.15) is 6.42 Å². The van der Waals surface area contributed by atoms with E-state index in [2.05, 4.69) is 0 Å². The highest BCUT2D eigenvalue weighted by atomic mass is 19.4. The summed E-state index contributed by atoms with van der Waals surface area (Å²) in [6.45, 7) is -1.21. The van der Waals surface area contributed by atoms with Crippen molar-refractivity contribution in [1.82, 2.24) is 5.32 Å². The van der Waals surface area contributed by atoms with Crippen LogP contribution in [0.3, 0.4) is 0 Å². The van der Waals surface area contributed by atoms with E-state index in [0.29, 0.717) is 0 Å². The first-order valence-electron chi connectivity index (χ1n) is 3.71. The van der Waals surface area contributed by atoms with Gasteiger partial charge in [0.15, 0.2) is 0 Å². The van der Waals surface area contributed by atoms with Crippen molar-refractivity contribution in [1.29, 1.82) is 0 Å². The average Bonchev–Trinajstić information content (AvgIpc) is 2.00. The third-order valence-electron chi connectivity index (χ3n) is 1.53. The van der Waals surface area contributed by atoms with Crippen molar-refractivity contribution < 1.29 is 40.6 Å². The van der Waals surface area contributed by atoms with Crippen LogP contribution in [-0.2, 0) is 0 Å². The van der Waals surface area contributed by atoms with E-state index in [-0.39, 0.29) is 0 Å². The molecule has 0 aromatic rings. The molecule has 3 nitrogen and oxygen atoms in total. The normalized spacial score (nSPS) is 13.7. The summed E-state index contributed by atoms with van der Waals surface area (Å²) < 4.78 is 83.9. The Morgan fingerprint density at radius 1 is 1.06 bits per heavy atom. The van der Waals surface area contributed by atoms with Crippen LogP contribution in [0.25, 0.3) is 0 Å². The fraction of sp³-hybridized carbons (Fsp3) is 0.833. The number of carbonyl (C=O) groups is 1. The second kappa shape index (κ2) is 4.34. The number of alkyl halides is 7. The molecule has 0 radical (unpaired) electrons. The minimum Gasteiger partial charge on any atom is -0.465 e. The third kappa shape index (κ3) is 3.14. The number of amides is 1. The highest BCUT2D eigenvalue weighted by Crippen LogP contribution is 2.47. The number of rotatable bonds is 4. The molecule has 0 heterocycles. The molecule has 1 amide bonds. The summed E-state index contributed by atoms with van der Waals surface area (Å²) in [4.78, 5) is 9.77. The van der Waals surface area contributed by atoms with Crippen LogP contribution < -0.4 is 5.32 Å². The first-order valence-corrected chi connectivity index (χ1v) is 3.71. The first-order chi connectivity index (χ1) is 6.92. The lowest BCUT2D eigenvalue weighted by atomic mass is 10.1. The van der Waals surface area contributed by atoms with Gasteiger partial charge in [0.2, 0.25) is 0 Å². The Kier molecular flexibility index (Phi) is 4.01. The van der Waals surface area contributed by atoms with E-state index < -0.39 is 37.1 Å². The molecule has 0 aliphatic carbocycles. The van der Waals surface area contributed by atoms with Crippen LogP contribution in [0.5, 0.6) is 0 Å². The highest BCUT2D eigenvalue weighted by Gasteiger charge is 2.72. The molecule has 0 saturated heterocycles. The van der Waals surface area contributed by atoms with E-state index >= 15 is 0 Å². The van der Waals surface area contributed by atoms with Crippen LogP contribution >= 0.6 is 0 Å². The maximum Gasteiger partial charge on any atom is 0.459 e. The lowest BCUT2D eigenvalue weighted by molar-refractivity contribution is -0.355. The number of hydrogen-bond acceptors (Lipinski definition) is 1. The fourth-order valence-electron chi connectivity index (χ4n) is 0.691. The number of carboxylic acid groups (broad SMARTS) is 1. The Bertz CT molecular complexity index is 262. The molecule has 2 N–H and O–H groups in total. The predicted octanol–water partition coefficient (Wildman–Crippen LogP) is 2.48. The standard InChI is InChI=1S/C6H6F7NO2/c7-4(8,1-2-14-3(15)16)5(9,10)6(11,12)13/h14H,1-2H2,(H,15,16). The lowest BCUT2D eigenvalue weighted by Crippen LogP contribution is -2.52. The van der Waals surface area contributed by atoms with Gasteiger partial charge in [-0.2, -0.15) is 30.7 Å². The van der Waals surface area contributed by atoms with Crippen molar-refractivity contribution in [2.75, 3.05) is 6.54 Å². The number of hydrogen-bond donors (Lipinski definition) is 2. The van der Waals surface area contributed by atoms with Crippen LogP contribution in [0.2, 0.25) is 0 Å². The maximum atomic E-state index is 12.4. The van der Waals surface area contributed by atoms with Gasteiger partial charge in [-0.15, -0.1) is 0 Å². The Balaban J connectivity index is 4.59. The summed E-state index contributed by atoms with van der Waals surface area (Å²) in [7, 11) is 0. The van der Waals surface area contributed by atoms with Crippen molar-refractivity contribution in [3.63, 3.8) is 0 Å². The van der Waals surface area contributed by atoms with Gasteiger partial charge in [0, 0.05) is 13.0 Å². The fourth-order valence-corrected chi connectivity index (χ4v) is 0.691. The van der Waals surface area contributed by atoms with E-state index in [9.17, 15) is 35.5 Å². The molecule has 16 heavy (non-hydrogen) atoms. The quantitative estimate of drug-likeness (QED) is 0.760. The van der Waals surface area contributed by atoms with Gasteiger partial charge < -0.3 is 10.4 Å². The third-order valence-corrected chi connectivity index (χ3v) is 1.53. The van der Waals surface area contributed by atoms with Gasteiger partial charge in [0.1, 0.15) is 0 Å². The van der Waals surface area contributed by atoms with Crippen molar-refractivity contribution in [3.05, 3.63) is 0 Å². The molecular weight excluding hydrogens is 251 g/mol. The molecule has 0 unspecified atom stereocenters. The summed E-state index contributed by atoms with van der Waals surface area (Å²) in [5, 5.41) is 9.17. The van der Waals surface area contributed by atoms with Crippen molar-refractivity contribution >= 4 is 6.09 Å². The first kappa shape index (κ1) is 14.8. The Labute approximate surface area is 84.2 Å². The number of halogens is 7. The Morgan fingerprint density at radius 3 is 1.81 bits per heavy atom. The molecule has 96 valence electrons. The largest absolute Gasteiger partial charge is 0.465 e. The second-order valence-electron chi connectivity index (χ2n) is 2.76. The zero-order chi connectivity index (χ0) is 13.2. The van der Waals surface area contributed by atoms with E-state index in [1.54, 1.807) is 0 Å². The molecule has 0 saturated carbocycles. The van der Waals surface area contributed by atoms with Crippen LogP contribution in [-0.4, -0.2) is 35.8 Å². The van der Waals surface area contributed by atoms with Crippen molar-refractivity contribution in [2.45, 2.75) is 24.4 Å². The summed E-state index contributed by atoms with van der Waals surface area (Å²) in [6.07, 6.45) is -10.1. The van der Waals surface area contributed by atoms with Gasteiger partial charge in [-0.05, 0) is 0 Å². The number of nitrogens with one attached hydrogen (secondary N) is 1. The Hall–Kier alpha value is -1.22. The van der Waals surface area contributed by atoms with E-state index in [4.69, 9.17) is 5.11 Å². The molecule has 0 bridgehead atoms. The topological polar surface area (TPSA) is 49.3 Å². The molecule has 0 aromatic heterocycles. The summed E-state index contributed by atoms with van der Waals surface area (Å²) >= 11 is 0. The van der Waals surface area contributed by atoms with E-state index in [0.717, 1.165) is 0 Å². The molecule has 0 aromatic carbocycles. The predicted molar refractivity (Wildman–Crippen MR) is 36.6 cm³/mol. The molecule has 0 rings (SSSR count). The summed E-state index contributed by atoms with van der Waals surface area (Å²) in [5.41, 5.74) is 0. The van der Waals surface area contributed by atoms with Gasteiger partial charge >= 0.3 is 24.1 Å². The lowest BCUT2D eigenvalue weighted by Gasteiger charge is -2.27. The van der Waals surface area contributed by atoms with Crippen molar-refractivity contribution in [3.8, 4) is 0 Å². The maximum absolute atomic E-state index is 12.4. The van der Waals surface area contributed by atoms with Gasteiger partial charge in [-0.3, -0.25) is 0 Å². The zero-order valence-corrected chi connectivity index (χ0v) is 7.42. The Morgan fingerprint density at radius 2 is 1.50 bits per heavy atom. The molecule has 0 aliphatic heterocycles. The molecule has 0 spiro atoms. The molecule has 0 fully saturated rings. The van der Waals surface area contributed by atoms with Crippen LogP contribution in [0, 0.1) is 0 Å². The monoisotopic (exact) mass is 257 g/mol. The molecule has 10 heteroatoms. The van der Waals surface area contributed by atoms with Gasteiger partial charge in [0.25, 0.3) is 0 Å².